The van der Waals surface area contributed by atoms with Crippen LogP contribution in [0, 0.1) is 5.82 Å². The van der Waals surface area contributed by atoms with Crippen molar-refractivity contribution in [2.24, 2.45) is 0 Å². The van der Waals surface area contributed by atoms with E-state index >= 15 is 0 Å². The molecule has 5 rings (SSSR count). The highest BCUT2D eigenvalue weighted by Gasteiger charge is 2.43. The molecule has 0 aliphatic carbocycles. The average molecular weight is 449 g/mol. The zero-order valence-corrected chi connectivity index (χ0v) is 18.0. The molecule has 0 fully saturated rings. The highest BCUT2D eigenvalue weighted by atomic mass is 19.1. The Balaban J connectivity index is 1.73. The van der Waals surface area contributed by atoms with Gasteiger partial charge < -0.3 is 23.2 Å². The molecule has 1 atom stereocenters. The molecular weight excluding hydrogens is 429 g/mol. The number of benzene rings is 2. The van der Waals surface area contributed by atoms with Crippen molar-refractivity contribution >= 4 is 16.9 Å². The van der Waals surface area contributed by atoms with Crippen LogP contribution in [0.25, 0.3) is 11.0 Å². The van der Waals surface area contributed by atoms with Gasteiger partial charge in [-0.1, -0.05) is 6.07 Å². The standard InChI is InChI=1S/C25H20FNO6/c1-3-31-19-8-6-14(11-20(19)30-2)22-21-23(28)17-12-15(26)7-9-18(17)33-24(21)25(29)27(22)13-16-5-4-10-32-16/h4-12,22H,3,13H2,1-2H3. The lowest BCUT2D eigenvalue weighted by molar-refractivity contribution is 0.0701. The molecule has 0 spiro atoms. The number of amides is 1. The summed E-state index contributed by atoms with van der Waals surface area (Å²) >= 11 is 0. The Kier molecular flexibility index (Phi) is 5.12. The molecule has 7 nitrogen and oxygen atoms in total. The summed E-state index contributed by atoms with van der Waals surface area (Å²) < 4.78 is 36.3. The molecule has 2 aromatic carbocycles. The van der Waals surface area contributed by atoms with Gasteiger partial charge in [-0.25, -0.2) is 4.39 Å². The quantitative estimate of drug-likeness (QED) is 0.425. The van der Waals surface area contributed by atoms with Crippen molar-refractivity contribution < 1.29 is 27.5 Å². The number of hydrogen-bond acceptors (Lipinski definition) is 6. The van der Waals surface area contributed by atoms with Crippen LogP contribution in [-0.2, 0) is 6.54 Å². The Morgan fingerprint density at radius 3 is 2.67 bits per heavy atom. The van der Waals surface area contributed by atoms with E-state index in [0.717, 1.165) is 6.07 Å². The molecule has 1 aliphatic rings. The number of carbonyl (C=O) groups excluding carboxylic acids is 1. The third kappa shape index (κ3) is 3.44. The lowest BCUT2D eigenvalue weighted by Gasteiger charge is -2.25. The van der Waals surface area contributed by atoms with Gasteiger partial charge in [0, 0.05) is 0 Å². The van der Waals surface area contributed by atoms with E-state index < -0.39 is 23.2 Å². The van der Waals surface area contributed by atoms with Crippen molar-refractivity contribution in [3.8, 4) is 11.5 Å². The van der Waals surface area contributed by atoms with Gasteiger partial charge in [0.05, 0.1) is 43.5 Å². The lowest BCUT2D eigenvalue weighted by Crippen LogP contribution is -2.29. The van der Waals surface area contributed by atoms with Gasteiger partial charge in [-0.05, 0) is 55.0 Å². The van der Waals surface area contributed by atoms with Crippen molar-refractivity contribution in [1.82, 2.24) is 4.90 Å². The van der Waals surface area contributed by atoms with Crippen LogP contribution in [0.3, 0.4) is 0 Å². The molecule has 3 heterocycles. The van der Waals surface area contributed by atoms with E-state index in [-0.39, 0.29) is 28.8 Å². The highest BCUT2D eigenvalue weighted by molar-refractivity contribution is 5.99. The van der Waals surface area contributed by atoms with E-state index in [1.807, 2.05) is 6.92 Å². The fraction of sp³-hybridized carbons (Fsp3) is 0.200. The van der Waals surface area contributed by atoms with Gasteiger partial charge in [0.25, 0.3) is 5.91 Å². The van der Waals surface area contributed by atoms with Gasteiger partial charge in [-0.2, -0.15) is 0 Å². The van der Waals surface area contributed by atoms with E-state index in [1.165, 1.54) is 30.4 Å². The van der Waals surface area contributed by atoms with E-state index in [0.29, 0.717) is 29.4 Å². The molecule has 0 saturated carbocycles. The zero-order chi connectivity index (χ0) is 23.1. The molecule has 0 N–H and O–H groups in total. The second-order valence-corrected chi connectivity index (χ2v) is 7.57. The van der Waals surface area contributed by atoms with Gasteiger partial charge in [-0.15, -0.1) is 0 Å². The van der Waals surface area contributed by atoms with Crippen LogP contribution in [0.5, 0.6) is 11.5 Å². The first-order valence-corrected chi connectivity index (χ1v) is 10.4. The van der Waals surface area contributed by atoms with Crippen LogP contribution in [0.4, 0.5) is 4.39 Å². The Morgan fingerprint density at radius 1 is 1.09 bits per heavy atom. The number of carbonyl (C=O) groups is 1. The molecule has 1 amide bonds. The Hall–Kier alpha value is -4.07. The Bertz CT molecular complexity index is 1410. The lowest BCUT2D eigenvalue weighted by atomic mass is 9.98. The average Bonchev–Trinajstić information content (AvgIpc) is 3.42. The maximum atomic E-state index is 13.9. The van der Waals surface area contributed by atoms with Crippen molar-refractivity contribution in [2.75, 3.05) is 13.7 Å². The van der Waals surface area contributed by atoms with Gasteiger partial charge in [0.15, 0.2) is 16.9 Å². The van der Waals surface area contributed by atoms with E-state index in [4.69, 9.17) is 18.3 Å². The molecule has 8 heteroatoms. The SMILES string of the molecule is CCOc1ccc(C2c3c(oc4ccc(F)cc4c3=O)C(=O)N2Cc2ccco2)cc1OC. The minimum absolute atomic E-state index is 0.0662. The van der Waals surface area contributed by atoms with Crippen molar-refractivity contribution in [2.45, 2.75) is 19.5 Å². The molecule has 1 unspecified atom stereocenters. The van der Waals surface area contributed by atoms with Gasteiger partial charge in [-0.3, -0.25) is 9.59 Å². The van der Waals surface area contributed by atoms with E-state index in [9.17, 15) is 14.0 Å². The van der Waals surface area contributed by atoms with Crippen molar-refractivity contribution in [3.05, 3.63) is 93.5 Å². The largest absolute Gasteiger partial charge is 0.493 e. The molecule has 4 aromatic rings. The first-order valence-electron chi connectivity index (χ1n) is 10.4. The van der Waals surface area contributed by atoms with Crippen molar-refractivity contribution in [1.29, 1.82) is 0 Å². The zero-order valence-electron chi connectivity index (χ0n) is 18.0. The minimum atomic E-state index is -0.786. The number of fused-ring (bicyclic) bond motifs is 2. The van der Waals surface area contributed by atoms with Gasteiger partial charge in [0.2, 0.25) is 5.76 Å². The summed E-state index contributed by atoms with van der Waals surface area (Å²) in [6.45, 7) is 2.42. The third-order valence-electron chi connectivity index (χ3n) is 5.64. The number of hydrogen-bond donors (Lipinski definition) is 0. The molecule has 1 aliphatic heterocycles. The first-order chi connectivity index (χ1) is 16.0. The Morgan fingerprint density at radius 2 is 1.94 bits per heavy atom. The smallest absolute Gasteiger partial charge is 0.291 e. The van der Waals surface area contributed by atoms with Crippen LogP contribution in [0.2, 0.25) is 0 Å². The summed E-state index contributed by atoms with van der Waals surface area (Å²) in [4.78, 5) is 28.4. The Labute approximate surface area is 187 Å². The molecule has 0 bridgehead atoms. The molecular formula is C25H20FNO6. The normalized spacial score (nSPS) is 15.2. The fourth-order valence-corrected chi connectivity index (χ4v) is 4.20. The summed E-state index contributed by atoms with van der Waals surface area (Å²) in [6.07, 6.45) is 1.51. The van der Waals surface area contributed by atoms with Gasteiger partial charge in [0.1, 0.15) is 17.2 Å². The maximum absolute atomic E-state index is 13.9. The number of methoxy groups -OCH3 is 1. The fourth-order valence-electron chi connectivity index (χ4n) is 4.20. The predicted molar refractivity (Wildman–Crippen MR) is 117 cm³/mol. The summed E-state index contributed by atoms with van der Waals surface area (Å²) in [6, 6.07) is 11.6. The monoisotopic (exact) mass is 449 g/mol. The van der Waals surface area contributed by atoms with Gasteiger partial charge >= 0.3 is 0 Å². The molecule has 2 aromatic heterocycles. The summed E-state index contributed by atoms with van der Waals surface area (Å²) in [5.74, 6) is 0.460. The molecule has 0 saturated heterocycles. The number of ether oxygens (including phenoxy) is 2. The number of furan rings is 1. The van der Waals surface area contributed by atoms with Crippen LogP contribution in [0.15, 0.2) is 68.4 Å². The molecule has 33 heavy (non-hydrogen) atoms. The van der Waals surface area contributed by atoms with Crippen LogP contribution in [0.1, 0.15) is 40.4 Å². The number of nitrogens with zero attached hydrogens (tertiary/aromatic N) is 1. The topological polar surface area (TPSA) is 82.1 Å². The van der Waals surface area contributed by atoms with Crippen LogP contribution < -0.4 is 14.9 Å². The van der Waals surface area contributed by atoms with Crippen LogP contribution >= 0.6 is 0 Å². The van der Waals surface area contributed by atoms with Crippen molar-refractivity contribution in [3.63, 3.8) is 0 Å². The summed E-state index contributed by atoms with van der Waals surface area (Å²) in [5, 5.41) is 0.0734. The summed E-state index contributed by atoms with van der Waals surface area (Å²) in [5.41, 5.74) is 0.461. The summed E-state index contributed by atoms with van der Waals surface area (Å²) in [7, 11) is 1.51. The number of halogens is 1. The minimum Gasteiger partial charge on any atom is -0.493 e. The number of rotatable bonds is 6. The second-order valence-electron chi connectivity index (χ2n) is 7.57. The van der Waals surface area contributed by atoms with E-state index in [1.54, 1.807) is 30.3 Å². The van der Waals surface area contributed by atoms with E-state index in [2.05, 4.69) is 0 Å². The predicted octanol–water partition coefficient (Wildman–Crippen LogP) is 4.68. The first kappa shape index (κ1) is 20.8. The van der Waals surface area contributed by atoms with Crippen LogP contribution in [-0.4, -0.2) is 24.5 Å². The molecule has 0 radical (unpaired) electrons. The highest BCUT2D eigenvalue weighted by Crippen LogP contribution is 2.41. The third-order valence-corrected chi connectivity index (χ3v) is 5.64. The molecule has 168 valence electrons. The maximum Gasteiger partial charge on any atom is 0.291 e. The second kappa shape index (κ2) is 8.12.